The topological polar surface area (TPSA) is 75.4 Å². The van der Waals surface area contributed by atoms with Gasteiger partial charge in [0.2, 0.25) is 0 Å². The molecule has 3 rings (SSSR count). The molecule has 3 aromatic rings. The van der Waals surface area contributed by atoms with Crippen LogP contribution < -0.4 is 11.2 Å². The van der Waals surface area contributed by atoms with Gasteiger partial charge in [0.1, 0.15) is 0 Å². The molecule has 0 bridgehead atoms. The lowest BCUT2D eigenvalue weighted by molar-refractivity contribution is -0.142. The number of rotatable bonds is 7. The maximum atomic E-state index is 12.2. The van der Waals surface area contributed by atoms with Gasteiger partial charge in [0.05, 0.1) is 5.41 Å². The van der Waals surface area contributed by atoms with Crippen molar-refractivity contribution in [3.63, 3.8) is 0 Å². The number of hydroxylamine groups is 1. The quantitative estimate of drug-likeness (QED) is 0.287. The Labute approximate surface area is 185 Å². The van der Waals surface area contributed by atoms with E-state index < -0.39 is 16.9 Å². The molecule has 4 N–H and O–H groups in total. The van der Waals surface area contributed by atoms with Gasteiger partial charge < -0.3 is 5.73 Å². The molecule has 3 heterocycles. The summed E-state index contributed by atoms with van der Waals surface area (Å²) in [6, 6.07) is 12.8. The van der Waals surface area contributed by atoms with Crippen molar-refractivity contribution in [2.24, 2.45) is 11.1 Å². The van der Waals surface area contributed by atoms with E-state index in [9.17, 15) is 4.79 Å². The van der Waals surface area contributed by atoms with Crippen LogP contribution in [0.2, 0.25) is 0 Å². The van der Waals surface area contributed by atoms with Crippen LogP contribution in [0.3, 0.4) is 0 Å². The summed E-state index contributed by atoms with van der Waals surface area (Å²) < 4.78 is 0. The highest BCUT2D eigenvalue weighted by atomic mass is 32.1. The second kappa shape index (κ2) is 10.00. The van der Waals surface area contributed by atoms with Crippen molar-refractivity contribution >= 4 is 39.9 Å². The van der Waals surface area contributed by atoms with Crippen molar-refractivity contribution in [2.45, 2.75) is 53.0 Å². The lowest BCUT2D eigenvalue weighted by atomic mass is 9.70. The molecule has 29 heavy (non-hydrogen) atoms. The zero-order valence-corrected chi connectivity index (χ0v) is 20.1. The number of hydrogen-bond donors (Lipinski definition) is 3. The van der Waals surface area contributed by atoms with Gasteiger partial charge in [-0.25, -0.2) is 5.48 Å². The molecule has 0 saturated heterocycles. The number of aryl methyl sites for hydroxylation is 1. The third-order valence-electron chi connectivity index (χ3n) is 5.17. The first-order chi connectivity index (χ1) is 13.7. The van der Waals surface area contributed by atoms with E-state index in [4.69, 9.17) is 10.9 Å². The van der Waals surface area contributed by atoms with Crippen LogP contribution in [-0.4, -0.2) is 16.7 Å². The first-order valence-corrected chi connectivity index (χ1v) is 12.2. The summed E-state index contributed by atoms with van der Waals surface area (Å²) in [6.45, 7) is 9.44. The summed E-state index contributed by atoms with van der Waals surface area (Å²) in [5, 5.41) is 11.2. The molecule has 0 fully saturated rings. The normalized spacial score (nSPS) is 13.3. The molecule has 158 valence electrons. The standard InChI is InChI=1S/C20H24N2O2S3.C2H6/c1-19(2,21)20(3,18(23)22-24)11-10-13-6-7-16(26-13)17-9-8-15(27-17)14-5-4-12-25-14;1-2/h4-9,12,24H,10-11,21H2,1-3H3,(H,22,23);1-2H3. The third-order valence-corrected chi connectivity index (χ3v) is 8.66. The van der Waals surface area contributed by atoms with Crippen molar-refractivity contribution in [2.75, 3.05) is 0 Å². The fraction of sp³-hybridized carbons (Fsp3) is 0.409. The molecule has 0 spiro atoms. The molecule has 7 heteroatoms. The predicted molar refractivity (Wildman–Crippen MR) is 127 cm³/mol. The first-order valence-electron chi connectivity index (χ1n) is 9.71. The number of carbonyl (C=O) groups is 1. The van der Waals surface area contributed by atoms with E-state index in [2.05, 4.69) is 41.8 Å². The van der Waals surface area contributed by atoms with Crippen molar-refractivity contribution in [1.82, 2.24) is 5.48 Å². The van der Waals surface area contributed by atoms with Crippen molar-refractivity contribution in [1.29, 1.82) is 0 Å². The number of nitrogens with two attached hydrogens (primary N) is 1. The molecular weight excluding hydrogens is 420 g/mol. The zero-order chi connectivity index (χ0) is 21.7. The van der Waals surface area contributed by atoms with Crippen molar-refractivity contribution in [3.8, 4) is 19.5 Å². The highest BCUT2D eigenvalue weighted by Gasteiger charge is 2.44. The van der Waals surface area contributed by atoms with E-state index in [1.54, 1.807) is 46.4 Å². The number of hydrogen-bond acceptors (Lipinski definition) is 6. The van der Waals surface area contributed by atoms with Gasteiger partial charge >= 0.3 is 0 Å². The molecule has 4 nitrogen and oxygen atoms in total. The van der Waals surface area contributed by atoms with Crippen molar-refractivity contribution < 1.29 is 10.0 Å². The van der Waals surface area contributed by atoms with E-state index in [0.29, 0.717) is 6.42 Å². The second-order valence-electron chi connectivity index (χ2n) is 7.40. The average Bonchev–Trinajstić information content (AvgIpc) is 3.46. The summed E-state index contributed by atoms with van der Waals surface area (Å²) in [5.41, 5.74) is 6.41. The fourth-order valence-corrected chi connectivity index (χ4v) is 5.83. The largest absolute Gasteiger partial charge is 0.325 e. The highest BCUT2D eigenvalue weighted by molar-refractivity contribution is 7.26. The smallest absolute Gasteiger partial charge is 0.251 e. The molecule has 0 aromatic carbocycles. The van der Waals surface area contributed by atoms with Gasteiger partial charge in [-0.05, 0) is 69.3 Å². The van der Waals surface area contributed by atoms with E-state index >= 15 is 0 Å². The number of amides is 1. The van der Waals surface area contributed by atoms with Crippen LogP contribution in [0.4, 0.5) is 0 Å². The molecule has 1 amide bonds. The number of carbonyl (C=O) groups excluding carboxylic acids is 1. The van der Waals surface area contributed by atoms with Crippen LogP contribution in [0.25, 0.3) is 19.5 Å². The summed E-state index contributed by atoms with van der Waals surface area (Å²) in [5.74, 6) is -0.439. The third kappa shape index (κ3) is 5.35. The Morgan fingerprint density at radius 3 is 2.14 bits per heavy atom. The molecule has 3 aromatic heterocycles. The fourth-order valence-electron chi connectivity index (χ4n) is 2.89. The van der Waals surface area contributed by atoms with Crippen LogP contribution >= 0.6 is 34.0 Å². The summed E-state index contributed by atoms with van der Waals surface area (Å²) >= 11 is 5.29. The molecule has 1 atom stereocenters. The summed E-state index contributed by atoms with van der Waals surface area (Å²) in [6.07, 6.45) is 1.30. The predicted octanol–water partition coefficient (Wildman–Crippen LogP) is 6.41. The Hall–Kier alpha value is -1.51. The molecule has 0 aliphatic heterocycles. The Morgan fingerprint density at radius 2 is 1.59 bits per heavy atom. The molecule has 0 aliphatic carbocycles. The van der Waals surface area contributed by atoms with E-state index in [-0.39, 0.29) is 0 Å². The minimum atomic E-state index is -0.860. The molecule has 0 radical (unpaired) electrons. The van der Waals surface area contributed by atoms with Gasteiger partial charge in [0, 0.05) is 29.9 Å². The van der Waals surface area contributed by atoms with Gasteiger partial charge in [-0.15, -0.1) is 34.0 Å². The van der Waals surface area contributed by atoms with Crippen molar-refractivity contribution in [3.05, 3.63) is 46.7 Å². The monoisotopic (exact) mass is 450 g/mol. The SMILES string of the molecule is CC.CC(C)(N)C(C)(CCc1ccc(-c2ccc(-c3cccs3)s2)s1)C(=O)NO. The molecule has 0 aliphatic rings. The van der Waals surface area contributed by atoms with Gasteiger partial charge in [-0.2, -0.15) is 0 Å². The van der Waals surface area contributed by atoms with Crippen LogP contribution in [0, 0.1) is 5.41 Å². The Kier molecular flexibility index (Phi) is 8.19. The van der Waals surface area contributed by atoms with Crippen LogP contribution in [0.15, 0.2) is 41.8 Å². The molecular formula is C22H30N2O2S3. The lowest BCUT2D eigenvalue weighted by Gasteiger charge is -2.39. The van der Waals surface area contributed by atoms with E-state index in [1.807, 2.05) is 27.7 Å². The minimum absolute atomic E-state index is 0.439. The van der Waals surface area contributed by atoms with Crippen LogP contribution in [0.5, 0.6) is 0 Å². The summed E-state index contributed by atoms with van der Waals surface area (Å²) in [4.78, 5) is 18.5. The second-order valence-corrected chi connectivity index (χ2v) is 10.6. The Bertz CT molecular complexity index is 907. The zero-order valence-electron chi connectivity index (χ0n) is 17.6. The highest BCUT2D eigenvalue weighted by Crippen LogP contribution is 2.40. The van der Waals surface area contributed by atoms with E-state index in [0.717, 1.165) is 6.42 Å². The number of thiophene rings is 3. The summed E-state index contributed by atoms with van der Waals surface area (Å²) in [7, 11) is 0. The average molecular weight is 451 g/mol. The van der Waals surface area contributed by atoms with Gasteiger partial charge in [0.15, 0.2) is 0 Å². The van der Waals surface area contributed by atoms with Gasteiger partial charge in [-0.1, -0.05) is 19.9 Å². The van der Waals surface area contributed by atoms with Crippen LogP contribution in [0.1, 0.15) is 45.9 Å². The Balaban J connectivity index is 0.00000145. The molecule has 1 unspecified atom stereocenters. The van der Waals surface area contributed by atoms with Gasteiger partial charge in [-0.3, -0.25) is 10.0 Å². The first kappa shape index (κ1) is 23.8. The maximum absolute atomic E-state index is 12.2. The van der Waals surface area contributed by atoms with Crippen LogP contribution in [-0.2, 0) is 11.2 Å². The maximum Gasteiger partial charge on any atom is 0.251 e. The number of nitrogens with one attached hydrogen (secondary N) is 1. The molecule has 0 saturated carbocycles. The van der Waals surface area contributed by atoms with Gasteiger partial charge in [0.25, 0.3) is 5.91 Å². The minimum Gasteiger partial charge on any atom is -0.325 e. The lowest BCUT2D eigenvalue weighted by Crippen LogP contribution is -2.57. The van der Waals surface area contributed by atoms with E-state index in [1.165, 1.54) is 24.4 Å². The Morgan fingerprint density at radius 1 is 1.00 bits per heavy atom.